The lowest BCUT2D eigenvalue weighted by Gasteiger charge is -2.24. The summed E-state index contributed by atoms with van der Waals surface area (Å²) in [7, 11) is 0. The smallest absolute Gasteiger partial charge is 0.134 e. The lowest BCUT2D eigenvalue weighted by Crippen LogP contribution is -2.31. The zero-order valence-corrected chi connectivity index (χ0v) is 9.41. The third-order valence-electron chi connectivity index (χ3n) is 3.90. The predicted molar refractivity (Wildman–Crippen MR) is 65.4 cm³/mol. The lowest BCUT2D eigenvalue weighted by molar-refractivity contribution is 0.359. The van der Waals surface area contributed by atoms with E-state index in [4.69, 9.17) is 10.2 Å². The molecule has 1 aliphatic carbocycles. The van der Waals surface area contributed by atoms with Gasteiger partial charge in [-0.25, -0.2) is 0 Å². The monoisotopic (exact) mass is 215 g/mol. The maximum Gasteiger partial charge on any atom is 0.134 e. The first-order chi connectivity index (χ1) is 7.84. The fraction of sp³-hybridized carbons (Fsp3) is 0.429. The zero-order chi connectivity index (χ0) is 11.0. The third-order valence-corrected chi connectivity index (χ3v) is 3.90. The molecular formula is C14H17NO. The highest BCUT2D eigenvalue weighted by atomic mass is 16.3. The topological polar surface area (TPSA) is 39.2 Å². The van der Waals surface area contributed by atoms with E-state index in [-0.39, 0.29) is 5.41 Å². The average molecular weight is 215 g/mol. The van der Waals surface area contributed by atoms with Crippen molar-refractivity contribution >= 4 is 11.0 Å². The van der Waals surface area contributed by atoms with Crippen LogP contribution in [0.15, 0.2) is 34.7 Å². The summed E-state index contributed by atoms with van der Waals surface area (Å²) in [5.74, 6) is 1.09. The van der Waals surface area contributed by atoms with Crippen molar-refractivity contribution in [2.75, 3.05) is 6.54 Å². The number of para-hydroxylation sites is 1. The van der Waals surface area contributed by atoms with E-state index in [1.54, 1.807) is 0 Å². The second-order valence-corrected chi connectivity index (χ2v) is 4.84. The Morgan fingerprint density at radius 3 is 2.62 bits per heavy atom. The van der Waals surface area contributed by atoms with Crippen molar-refractivity contribution in [3.63, 3.8) is 0 Å². The molecule has 0 unspecified atom stereocenters. The van der Waals surface area contributed by atoms with E-state index in [0.29, 0.717) is 6.54 Å². The number of fused-ring (bicyclic) bond motifs is 1. The van der Waals surface area contributed by atoms with Crippen LogP contribution in [0.2, 0.25) is 0 Å². The minimum Gasteiger partial charge on any atom is -0.460 e. The summed E-state index contributed by atoms with van der Waals surface area (Å²) in [6, 6.07) is 10.4. The van der Waals surface area contributed by atoms with Crippen LogP contribution in [0, 0.1) is 0 Å². The SMILES string of the molecule is NCC1(c2cc3ccccc3o2)CCCC1. The van der Waals surface area contributed by atoms with Gasteiger partial charge in [0.2, 0.25) is 0 Å². The summed E-state index contributed by atoms with van der Waals surface area (Å²) < 4.78 is 5.97. The minimum atomic E-state index is 0.110. The van der Waals surface area contributed by atoms with Crippen LogP contribution in [0.4, 0.5) is 0 Å². The fourth-order valence-corrected chi connectivity index (χ4v) is 2.85. The molecule has 1 aromatic heterocycles. The van der Waals surface area contributed by atoms with Crippen LogP contribution >= 0.6 is 0 Å². The molecule has 0 atom stereocenters. The number of hydrogen-bond acceptors (Lipinski definition) is 2. The molecule has 0 spiro atoms. The van der Waals surface area contributed by atoms with Crippen LogP contribution in [0.3, 0.4) is 0 Å². The summed E-state index contributed by atoms with van der Waals surface area (Å²) in [4.78, 5) is 0. The lowest BCUT2D eigenvalue weighted by atomic mass is 9.83. The molecule has 1 aromatic carbocycles. The Hall–Kier alpha value is -1.28. The Labute approximate surface area is 95.4 Å². The van der Waals surface area contributed by atoms with Crippen molar-refractivity contribution < 1.29 is 4.42 Å². The van der Waals surface area contributed by atoms with Gasteiger partial charge in [0, 0.05) is 17.3 Å². The van der Waals surface area contributed by atoms with Gasteiger partial charge in [-0.2, -0.15) is 0 Å². The van der Waals surface area contributed by atoms with Crippen molar-refractivity contribution in [1.82, 2.24) is 0 Å². The average Bonchev–Trinajstić information content (AvgIpc) is 2.96. The van der Waals surface area contributed by atoms with E-state index >= 15 is 0 Å². The van der Waals surface area contributed by atoms with Crippen LogP contribution < -0.4 is 5.73 Å². The van der Waals surface area contributed by atoms with Crippen LogP contribution in [0.5, 0.6) is 0 Å². The summed E-state index contributed by atoms with van der Waals surface area (Å²) in [6.45, 7) is 0.701. The Morgan fingerprint density at radius 2 is 1.94 bits per heavy atom. The first-order valence-corrected chi connectivity index (χ1v) is 6.03. The highest BCUT2D eigenvalue weighted by Gasteiger charge is 2.37. The Balaban J connectivity index is 2.10. The van der Waals surface area contributed by atoms with Crippen molar-refractivity contribution in [3.05, 3.63) is 36.1 Å². The second-order valence-electron chi connectivity index (χ2n) is 4.84. The molecule has 1 heterocycles. The molecule has 84 valence electrons. The van der Waals surface area contributed by atoms with Crippen molar-refractivity contribution in [2.24, 2.45) is 5.73 Å². The van der Waals surface area contributed by atoms with Gasteiger partial charge in [0.15, 0.2) is 0 Å². The highest BCUT2D eigenvalue weighted by Crippen LogP contribution is 2.42. The quantitative estimate of drug-likeness (QED) is 0.835. The van der Waals surface area contributed by atoms with Crippen LogP contribution in [-0.2, 0) is 5.41 Å². The molecule has 0 saturated heterocycles. The first kappa shape index (κ1) is 9.91. The Morgan fingerprint density at radius 1 is 1.19 bits per heavy atom. The number of rotatable bonds is 2. The van der Waals surface area contributed by atoms with E-state index in [0.717, 1.165) is 11.3 Å². The standard InChI is InChI=1S/C14H17NO/c15-10-14(7-3-4-8-14)13-9-11-5-1-2-6-12(11)16-13/h1-2,5-6,9H,3-4,7-8,10,15H2. The minimum absolute atomic E-state index is 0.110. The molecule has 0 amide bonds. The van der Waals surface area contributed by atoms with Gasteiger partial charge in [0.1, 0.15) is 11.3 Å². The molecule has 2 nitrogen and oxygen atoms in total. The van der Waals surface area contributed by atoms with E-state index in [1.807, 2.05) is 18.2 Å². The third kappa shape index (κ3) is 1.37. The number of hydrogen-bond donors (Lipinski definition) is 1. The number of nitrogens with two attached hydrogens (primary N) is 1. The summed E-state index contributed by atoms with van der Waals surface area (Å²) >= 11 is 0. The van der Waals surface area contributed by atoms with Gasteiger partial charge in [0.05, 0.1) is 0 Å². The Kier molecular flexibility index (Phi) is 2.25. The molecule has 0 bridgehead atoms. The zero-order valence-electron chi connectivity index (χ0n) is 9.41. The molecular weight excluding hydrogens is 198 g/mol. The summed E-state index contributed by atoms with van der Waals surface area (Å²) in [5.41, 5.74) is 7.06. The maximum atomic E-state index is 5.97. The van der Waals surface area contributed by atoms with Crippen molar-refractivity contribution in [3.8, 4) is 0 Å². The van der Waals surface area contributed by atoms with E-state index in [9.17, 15) is 0 Å². The van der Waals surface area contributed by atoms with Crippen LogP contribution in [0.1, 0.15) is 31.4 Å². The number of furan rings is 1. The van der Waals surface area contributed by atoms with Gasteiger partial charge < -0.3 is 10.2 Å². The van der Waals surface area contributed by atoms with E-state index in [2.05, 4.69) is 12.1 Å². The molecule has 0 aliphatic heterocycles. The fourth-order valence-electron chi connectivity index (χ4n) is 2.85. The van der Waals surface area contributed by atoms with E-state index in [1.165, 1.54) is 31.1 Å². The molecule has 2 aromatic rings. The van der Waals surface area contributed by atoms with E-state index < -0.39 is 0 Å². The summed E-state index contributed by atoms with van der Waals surface area (Å²) in [6.07, 6.45) is 4.88. The first-order valence-electron chi connectivity index (χ1n) is 6.03. The van der Waals surface area contributed by atoms with Gasteiger partial charge in [-0.1, -0.05) is 31.0 Å². The van der Waals surface area contributed by atoms with Crippen LogP contribution in [0.25, 0.3) is 11.0 Å². The van der Waals surface area contributed by atoms with Gasteiger partial charge in [-0.3, -0.25) is 0 Å². The maximum absolute atomic E-state index is 5.97. The molecule has 1 saturated carbocycles. The molecule has 1 aliphatic rings. The summed E-state index contributed by atoms with van der Waals surface area (Å²) in [5, 5.41) is 1.19. The Bertz CT molecular complexity index is 461. The molecule has 2 N–H and O–H groups in total. The van der Waals surface area contributed by atoms with Gasteiger partial charge >= 0.3 is 0 Å². The van der Waals surface area contributed by atoms with Gasteiger partial charge in [-0.05, 0) is 25.0 Å². The molecule has 2 heteroatoms. The number of benzene rings is 1. The van der Waals surface area contributed by atoms with Crippen molar-refractivity contribution in [1.29, 1.82) is 0 Å². The van der Waals surface area contributed by atoms with Crippen molar-refractivity contribution in [2.45, 2.75) is 31.1 Å². The normalized spacial score (nSPS) is 19.3. The van der Waals surface area contributed by atoms with Gasteiger partial charge in [0.25, 0.3) is 0 Å². The highest BCUT2D eigenvalue weighted by molar-refractivity contribution is 5.78. The molecule has 3 rings (SSSR count). The molecule has 0 radical (unpaired) electrons. The largest absolute Gasteiger partial charge is 0.460 e. The van der Waals surface area contributed by atoms with Gasteiger partial charge in [-0.15, -0.1) is 0 Å². The predicted octanol–water partition coefficient (Wildman–Crippen LogP) is 3.20. The second kappa shape index (κ2) is 3.63. The molecule has 16 heavy (non-hydrogen) atoms. The van der Waals surface area contributed by atoms with Crippen LogP contribution in [-0.4, -0.2) is 6.54 Å². The molecule has 1 fully saturated rings.